The summed E-state index contributed by atoms with van der Waals surface area (Å²) in [5, 5.41) is 3.75. The van der Waals surface area contributed by atoms with Crippen LogP contribution in [0.1, 0.15) is 46.2 Å². The second kappa shape index (κ2) is 7.39. The lowest BCUT2D eigenvalue weighted by Crippen LogP contribution is -2.42. The second-order valence-corrected chi connectivity index (χ2v) is 6.38. The fraction of sp³-hybridized carbons (Fsp3) is 0.625. The molecule has 114 valence electrons. The van der Waals surface area contributed by atoms with Crippen LogP contribution in [0.3, 0.4) is 0 Å². The molecule has 1 N–H and O–H groups in total. The van der Waals surface area contributed by atoms with Crippen LogP contribution in [-0.4, -0.2) is 19.3 Å². The van der Waals surface area contributed by atoms with Crippen molar-refractivity contribution in [3.05, 3.63) is 34.6 Å². The van der Waals surface area contributed by atoms with Crippen molar-refractivity contribution in [2.24, 2.45) is 5.41 Å². The Kier molecular flexibility index (Phi) is 6.44. The molecule has 0 aromatic heterocycles. The maximum atomic E-state index is 14.2. The maximum Gasteiger partial charge on any atom is 0.129 e. The van der Waals surface area contributed by atoms with Gasteiger partial charge in [-0.2, -0.15) is 0 Å². The van der Waals surface area contributed by atoms with E-state index < -0.39 is 0 Å². The van der Waals surface area contributed by atoms with Gasteiger partial charge >= 0.3 is 0 Å². The van der Waals surface area contributed by atoms with Crippen LogP contribution in [0.2, 0.25) is 5.02 Å². The summed E-state index contributed by atoms with van der Waals surface area (Å²) in [7, 11) is 0. The minimum Gasteiger partial charge on any atom is -0.376 e. The maximum absolute atomic E-state index is 14.2. The molecule has 0 aliphatic heterocycles. The number of nitrogens with one attached hydrogen (secondary N) is 1. The van der Waals surface area contributed by atoms with Gasteiger partial charge in [-0.1, -0.05) is 45.4 Å². The van der Waals surface area contributed by atoms with Crippen LogP contribution in [0.15, 0.2) is 18.2 Å². The van der Waals surface area contributed by atoms with Gasteiger partial charge in [-0.05, 0) is 31.0 Å². The standard InChI is InChI=1S/C16H25ClFNO/c1-6-19-14(15(20-7-2)16(3,4)5)12-9-8-11(17)10-13(12)18/h8-10,14-15,19H,6-7H2,1-5H3. The van der Waals surface area contributed by atoms with Crippen molar-refractivity contribution in [3.63, 3.8) is 0 Å². The van der Waals surface area contributed by atoms with E-state index >= 15 is 0 Å². The molecule has 2 unspecified atom stereocenters. The predicted molar refractivity (Wildman–Crippen MR) is 82.7 cm³/mol. The Hall–Kier alpha value is -0.640. The highest BCUT2D eigenvalue weighted by atomic mass is 35.5. The first-order valence-electron chi connectivity index (χ1n) is 7.11. The molecule has 0 radical (unpaired) electrons. The quantitative estimate of drug-likeness (QED) is 0.830. The number of ether oxygens (including phenoxy) is 1. The third-order valence-electron chi connectivity index (χ3n) is 3.22. The molecule has 1 aromatic carbocycles. The van der Waals surface area contributed by atoms with E-state index in [1.54, 1.807) is 12.1 Å². The van der Waals surface area contributed by atoms with Gasteiger partial charge in [-0.25, -0.2) is 4.39 Å². The Morgan fingerprint density at radius 2 is 1.95 bits per heavy atom. The van der Waals surface area contributed by atoms with Crippen molar-refractivity contribution in [2.45, 2.75) is 46.8 Å². The van der Waals surface area contributed by atoms with E-state index in [4.69, 9.17) is 16.3 Å². The van der Waals surface area contributed by atoms with Gasteiger partial charge in [0.2, 0.25) is 0 Å². The smallest absolute Gasteiger partial charge is 0.129 e. The van der Waals surface area contributed by atoms with Gasteiger partial charge < -0.3 is 10.1 Å². The van der Waals surface area contributed by atoms with Crippen molar-refractivity contribution in [1.29, 1.82) is 0 Å². The van der Waals surface area contributed by atoms with Crippen molar-refractivity contribution in [2.75, 3.05) is 13.2 Å². The highest BCUT2D eigenvalue weighted by molar-refractivity contribution is 6.30. The van der Waals surface area contributed by atoms with Crippen molar-refractivity contribution in [1.82, 2.24) is 5.32 Å². The largest absolute Gasteiger partial charge is 0.376 e. The first-order chi connectivity index (χ1) is 9.31. The third-order valence-corrected chi connectivity index (χ3v) is 3.46. The van der Waals surface area contributed by atoms with Crippen LogP contribution in [0.4, 0.5) is 4.39 Å². The lowest BCUT2D eigenvalue weighted by molar-refractivity contribution is -0.0369. The zero-order valence-electron chi connectivity index (χ0n) is 13.0. The van der Waals surface area contributed by atoms with Gasteiger partial charge in [0.05, 0.1) is 12.1 Å². The number of rotatable bonds is 6. The second-order valence-electron chi connectivity index (χ2n) is 5.94. The summed E-state index contributed by atoms with van der Waals surface area (Å²) in [6.07, 6.45) is -0.122. The summed E-state index contributed by atoms with van der Waals surface area (Å²) in [4.78, 5) is 0. The summed E-state index contributed by atoms with van der Waals surface area (Å²) in [6, 6.07) is 4.61. The minimum absolute atomic E-state index is 0.102. The Morgan fingerprint density at radius 3 is 2.40 bits per heavy atom. The Balaban J connectivity index is 3.19. The van der Waals surface area contributed by atoms with Crippen LogP contribution in [0, 0.1) is 11.2 Å². The van der Waals surface area contributed by atoms with Gasteiger partial charge in [0.15, 0.2) is 0 Å². The molecular weight excluding hydrogens is 277 g/mol. The molecule has 4 heteroatoms. The van der Waals surface area contributed by atoms with E-state index in [-0.39, 0.29) is 23.4 Å². The van der Waals surface area contributed by atoms with Crippen LogP contribution in [-0.2, 0) is 4.74 Å². The molecule has 0 saturated carbocycles. The molecule has 0 saturated heterocycles. The number of halogens is 2. The molecule has 0 aliphatic carbocycles. The lowest BCUT2D eigenvalue weighted by Gasteiger charge is -2.37. The highest BCUT2D eigenvalue weighted by Crippen LogP contribution is 2.34. The molecule has 1 rings (SSSR count). The van der Waals surface area contributed by atoms with E-state index in [1.165, 1.54) is 6.07 Å². The van der Waals surface area contributed by atoms with Crippen molar-refractivity contribution >= 4 is 11.6 Å². The normalized spacial score (nSPS) is 15.2. The summed E-state index contributed by atoms with van der Waals surface area (Å²) in [6.45, 7) is 11.6. The number of hydrogen-bond acceptors (Lipinski definition) is 2. The van der Waals surface area contributed by atoms with E-state index in [1.807, 2.05) is 13.8 Å². The molecule has 0 spiro atoms. The summed E-state index contributed by atoms with van der Waals surface area (Å²) >= 11 is 5.84. The highest BCUT2D eigenvalue weighted by Gasteiger charge is 2.34. The Bertz CT molecular complexity index is 431. The molecule has 0 heterocycles. The topological polar surface area (TPSA) is 21.3 Å². The fourth-order valence-electron chi connectivity index (χ4n) is 2.38. The van der Waals surface area contributed by atoms with Crippen molar-refractivity contribution < 1.29 is 9.13 Å². The van der Waals surface area contributed by atoms with Crippen LogP contribution < -0.4 is 5.32 Å². The fourth-order valence-corrected chi connectivity index (χ4v) is 2.54. The molecular formula is C16H25ClFNO. The monoisotopic (exact) mass is 301 g/mol. The Labute approximate surface area is 126 Å². The number of likely N-dealkylation sites (N-methyl/N-ethyl adjacent to an activating group) is 1. The van der Waals surface area contributed by atoms with E-state index in [9.17, 15) is 4.39 Å². The number of hydrogen-bond donors (Lipinski definition) is 1. The molecule has 2 atom stereocenters. The lowest BCUT2D eigenvalue weighted by atomic mass is 9.81. The first kappa shape index (κ1) is 17.4. The average molecular weight is 302 g/mol. The summed E-state index contributed by atoms with van der Waals surface area (Å²) < 4.78 is 20.1. The van der Waals surface area contributed by atoms with Crippen molar-refractivity contribution in [3.8, 4) is 0 Å². The average Bonchev–Trinajstić information content (AvgIpc) is 2.33. The summed E-state index contributed by atoms with van der Waals surface area (Å²) in [5.74, 6) is -0.294. The zero-order chi connectivity index (χ0) is 15.3. The summed E-state index contributed by atoms with van der Waals surface area (Å²) in [5.41, 5.74) is 0.499. The molecule has 20 heavy (non-hydrogen) atoms. The molecule has 0 bridgehead atoms. The van der Waals surface area contributed by atoms with Crippen LogP contribution >= 0.6 is 11.6 Å². The van der Waals surface area contributed by atoms with Gasteiger partial charge in [-0.3, -0.25) is 0 Å². The van der Waals surface area contributed by atoms with E-state index in [0.717, 1.165) is 6.54 Å². The van der Waals surface area contributed by atoms with Gasteiger partial charge in [0.1, 0.15) is 5.82 Å². The first-order valence-corrected chi connectivity index (χ1v) is 7.49. The van der Waals surface area contributed by atoms with Gasteiger partial charge in [-0.15, -0.1) is 0 Å². The van der Waals surface area contributed by atoms with Crippen LogP contribution in [0.5, 0.6) is 0 Å². The third kappa shape index (κ3) is 4.44. The SMILES string of the molecule is CCNC(c1ccc(Cl)cc1F)C(OCC)C(C)(C)C. The molecule has 0 amide bonds. The van der Waals surface area contributed by atoms with E-state index in [0.29, 0.717) is 17.2 Å². The van der Waals surface area contributed by atoms with E-state index in [2.05, 4.69) is 26.1 Å². The molecule has 1 aromatic rings. The zero-order valence-corrected chi connectivity index (χ0v) is 13.7. The van der Waals surface area contributed by atoms with Gasteiger partial charge in [0.25, 0.3) is 0 Å². The van der Waals surface area contributed by atoms with Gasteiger partial charge in [0, 0.05) is 17.2 Å². The minimum atomic E-state index is -0.294. The predicted octanol–water partition coefficient (Wildman–Crippen LogP) is 4.58. The van der Waals surface area contributed by atoms with Crippen LogP contribution in [0.25, 0.3) is 0 Å². The number of benzene rings is 1. The Morgan fingerprint density at radius 1 is 1.30 bits per heavy atom. The molecule has 2 nitrogen and oxygen atoms in total. The molecule has 0 aliphatic rings. The molecule has 0 fully saturated rings.